The van der Waals surface area contributed by atoms with Gasteiger partial charge < -0.3 is 10.6 Å². The van der Waals surface area contributed by atoms with Gasteiger partial charge in [0.25, 0.3) is 0 Å². The molecule has 2 nitrogen and oxygen atoms in total. The second-order valence-electron chi connectivity index (χ2n) is 5.79. The number of halogens is 1. The summed E-state index contributed by atoms with van der Waals surface area (Å²) in [4.78, 5) is 2.55. The lowest BCUT2D eigenvalue weighted by Crippen LogP contribution is -2.34. The highest BCUT2D eigenvalue weighted by atomic mass is 79.9. The molecule has 0 aliphatic heterocycles. The van der Waals surface area contributed by atoms with E-state index in [0.29, 0.717) is 6.04 Å². The van der Waals surface area contributed by atoms with Crippen LogP contribution in [-0.4, -0.2) is 24.0 Å². The Morgan fingerprint density at radius 2 is 1.95 bits per heavy atom. The first-order valence-electron chi connectivity index (χ1n) is 7.79. The predicted octanol–water partition coefficient (Wildman–Crippen LogP) is 4.74. The summed E-state index contributed by atoms with van der Waals surface area (Å²) in [6.07, 6.45) is 4.91. The minimum absolute atomic E-state index is 0.125. The van der Waals surface area contributed by atoms with Crippen LogP contribution >= 0.6 is 15.9 Å². The Hall–Kier alpha value is -0.380. The first kappa shape index (κ1) is 17.7. The number of hydrogen-bond acceptors (Lipinski definition) is 2. The van der Waals surface area contributed by atoms with E-state index < -0.39 is 0 Å². The van der Waals surface area contributed by atoms with Crippen molar-refractivity contribution >= 4 is 15.9 Å². The van der Waals surface area contributed by atoms with Crippen LogP contribution in [-0.2, 0) is 0 Å². The number of benzene rings is 1. The average molecular weight is 341 g/mol. The van der Waals surface area contributed by atoms with Crippen molar-refractivity contribution in [2.45, 2.75) is 58.5 Å². The molecule has 0 radical (unpaired) electrons. The summed E-state index contributed by atoms with van der Waals surface area (Å²) >= 11 is 3.51. The second-order valence-corrected chi connectivity index (χ2v) is 6.70. The molecule has 1 unspecified atom stereocenters. The van der Waals surface area contributed by atoms with Crippen molar-refractivity contribution in [3.63, 3.8) is 0 Å². The maximum Gasteiger partial charge on any atom is 0.0307 e. The smallest absolute Gasteiger partial charge is 0.0307 e. The van der Waals surface area contributed by atoms with Gasteiger partial charge in [-0.05, 0) is 50.9 Å². The van der Waals surface area contributed by atoms with Gasteiger partial charge in [-0.25, -0.2) is 0 Å². The van der Waals surface area contributed by atoms with Gasteiger partial charge in [-0.1, -0.05) is 47.8 Å². The molecule has 2 N–H and O–H groups in total. The monoisotopic (exact) mass is 340 g/mol. The van der Waals surface area contributed by atoms with E-state index in [2.05, 4.69) is 59.8 Å². The number of unbranched alkanes of at least 4 members (excludes halogenated alkanes) is 2. The van der Waals surface area contributed by atoms with Gasteiger partial charge in [-0.15, -0.1) is 0 Å². The van der Waals surface area contributed by atoms with Crippen LogP contribution in [0.15, 0.2) is 28.7 Å². The summed E-state index contributed by atoms with van der Waals surface area (Å²) in [6, 6.07) is 9.07. The Kier molecular flexibility index (Phi) is 8.43. The van der Waals surface area contributed by atoms with Crippen molar-refractivity contribution < 1.29 is 0 Å². The average Bonchev–Trinajstić information content (AvgIpc) is 2.42. The number of hydrogen-bond donors (Lipinski definition) is 1. The normalized spacial score (nSPS) is 13.2. The summed E-state index contributed by atoms with van der Waals surface area (Å²) in [5, 5.41) is 0. The number of rotatable bonds is 9. The molecule has 0 aliphatic rings. The molecule has 0 spiro atoms. The van der Waals surface area contributed by atoms with Crippen molar-refractivity contribution in [3.05, 3.63) is 34.3 Å². The van der Waals surface area contributed by atoms with Gasteiger partial charge in [0.2, 0.25) is 0 Å². The Balaban J connectivity index is 2.45. The van der Waals surface area contributed by atoms with Crippen LogP contribution in [0.4, 0.5) is 0 Å². The minimum atomic E-state index is 0.125. The van der Waals surface area contributed by atoms with Gasteiger partial charge in [-0.3, -0.25) is 0 Å². The largest absolute Gasteiger partial charge is 0.324 e. The van der Waals surface area contributed by atoms with Crippen LogP contribution in [0.5, 0.6) is 0 Å². The molecule has 0 saturated carbocycles. The van der Waals surface area contributed by atoms with Crippen LogP contribution in [0, 0.1) is 0 Å². The zero-order valence-corrected chi connectivity index (χ0v) is 14.7. The van der Waals surface area contributed by atoms with Crippen LogP contribution < -0.4 is 5.73 Å². The first-order valence-corrected chi connectivity index (χ1v) is 8.59. The molecule has 1 aromatic carbocycles. The molecule has 20 heavy (non-hydrogen) atoms. The second kappa shape index (κ2) is 9.54. The van der Waals surface area contributed by atoms with Crippen LogP contribution in [0.3, 0.4) is 0 Å². The SMILES string of the molecule is CCCCCN(CCC(N)c1cccc(Br)c1)C(C)C. The van der Waals surface area contributed by atoms with Crippen LogP contribution in [0.25, 0.3) is 0 Å². The third-order valence-corrected chi connectivity index (χ3v) is 4.28. The summed E-state index contributed by atoms with van der Waals surface area (Å²) in [5.41, 5.74) is 7.54. The van der Waals surface area contributed by atoms with E-state index in [1.807, 2.05) is 6.07 Å². The Bertz CT molecular complexity index is 379. The van der Waals surface area contributed by atoms with Gasteiger partial charge in [-0.2, -0.15) is 0 Å². The Morgan fingerprint density at radius 3 is 2.55 bits per heavy atom. The molecule has 0 bridgehead atoms. The maximum absolute atomic E-state index is 6.32. The highest BCUT2D eigenvalue weighted by molar-refractivity contribution is 9.10. The zero-order valence-electron chi connectivity index (χ0n) is 13.1. The summed E-state index contributed by atoms with van der Waals surface area (Å²) < 4.78 is 1.11. The van der Waals surface area contributed by atoms with Crippen molar-refractivity contribution in [2.24, 2.45) is 5.73 Å². The van der Waals surface area contributed by atoms with E-state index in [1.54, 1.807) is 0 Å². The van der Waals surface area contributed by atoms with E-state index in [1.165, 1.54) is 31.4 Å². The molecular weight excluding hydrogens is 312 g/mol. The molecule has 114 valence electrons. The predicted molar refractivity (Wildman–Crippen MR) is 91.9 cm³/mol. The first-order chi connectivity index (χ1) is 9.54. The lowest BCUT2D eigenvalue weighted by Gasteiger charge is -2.27. The van der Waals surface area contributed by atoms with E-state index in [0.717, 1.165) is 17.4 Å². The molecule has 1 aromatic rings. The minimum Gasteiger partial charge on any atom is -0.324 e. The molecule has 0 amide bonds. The van der Waals surface area contributed by atoms with Gasteiger partial charge in [0.1, 0.15) is 0 Å². The van der Waals surface area contributed by atoms with Gasteiger partial charge in [0.05, 0.1) is 0 Å². The van der Waals surface area contributed by atoms with Gasteiger partial charge in [0, 0.05) is 23.1 Å². The fourth-order valence-electron chi connectivity index (χ4n) is 2.40. The van der Waals surface area contributed by atoms with Crippen LogP contribution in [0.1, 0.15) is 58.1 Å². The molecule has 0 fully saturated rings. The van der Waals surface area contributed by atoms with E-state index in [-0.39, 0.29) is 6.04 Å². The summed E-state index contributed by atoms with van der Waals surface area (Å²) in [6.45, 7) is 9.07. The fraction of sp³-hybridized carbons (Fsp3) is 0.647. The molecule has 1 atom stereocenters. The quantitative estimate of drug-likeness (QED) is 0.658. The Morgan fingerprint density at radius 1 is 1.20 bits per heavy atom. The molecule has 0 aromatic heterocycles. The van der Waals surface area contributed by atoms with Crippen LogP contribution in [0.2, 0.25) is 0 Å². The zero-order chi connectivity index (χ0) is 15.0. The topological polar surface area (TPSA) is 29.3 Å². The van der Waals surface area contributed by atoms with Crippen molar-refractivity contribution in [1.82, 2.24) is 4.90 Å². The fourth-order valence-corrected chi connectivity index (χ4v) is 2.82. The summed E-state index contributed by atoms with van der Waals surface area (Å²) in [7, 11) is 0. The lowest BCUT2D eigenvalue weighted by atomic mass is 10.0. The Labute approximate surface area is 132 Å². The van der Waals surface area contributed by atoms with Crippen molar-refractivity contribution in [2.75, 3.05) is 13.1 Å². The lowest BCUT2D eigenvalue weighted by molar-refractivity contribution is 0.209. The highest BCUT2D eigenvalue weighted by Crippen LogP contribution is 2.19. The van der Waals surface area contributed by atoms with Crippen molar-refractivity contribution in [3.8, 4) is 0 Å². The standard InChI is InChI=1S/C17H29BrN2/c1-4-5-6-11-20(14(2)3)12-10-17(19)15-8-7-9-16(18)13-15/h7-9,13-14,17H,4-6,10-12,19H2,1-3H3. The molecule has 0 heterocycles. The van der Waals surface area contributed by atoms with Crippen molar-refractivity contribution in [1.29, 1.82) is 0 Å². The molecule has 0 aliphatic carbocycles. The molecule has 0 saturated heterocycles. The number of nitrogens with two attached hydrogens (primary N) is 1. The third kappa shape index (κ3) is 6.38. The molecule has 1 rings (SSSR count). The van der Waals surface area contributed by atoms with Gasteiger partial charge in [0.15, 0.2) is 0 Å². The third-order valence-electron chi connectivity index (χ3n) is 3.78. The van der Waals surface area contributed by atoms with E-state index in [4.69, 9.17) is 5.73 Å². The maximum atomic E-state index is 6.32. The van der Waals surface area contributed by atoms with E-state index in [9.17, 15) is 0 Å². The highest BCUT2D eigenvalue weighted by Gasteiger charge is 2.12. The molecular formula is C17H29BrN2. The van der Waals surface area contributed by atoms with Gasteiger partial charge >= 0.3 is 0 Å². The number of nitrogens with zero attached hydrogens (tertiary/aromatic N) is 1. The summed E-state index contributed by atoms with van der Waals surface area (Å²) in [5.74, 6) is 0. The molecule has 3 heteroatoms. The van der Waals surface area contributed by atoms with E-state index >= 15 is 0 Å².